The molecule has 2 unspecified atom stereocenters. The highest BCUT2D eigenvalue weighted by Crippen LogP contribution is 2.35. The van der Waals surface area contributed by atoms with E-state index in [0.29, 0.717) is 0 Å². The molecule has 0 saturated carbocycles. The standard InChI is InChI=1S/C24H29N3O2S/c1-17(2)27-16-21-12-13-23(26-30(3,28)29)22(24(21)25-27)15-18-8-7-11-20(14-18)19-9-5-4-6-10-19/h4-11,14,16-17,22-23,26H,12-13,15H2,1-3H3. The SMILES string of the molecule is CC(C)n1cc2c(n1)C(Cc1cccc(-c3ccccc3)c1)C(NS(C)(=O)=O)CC2. The van der Waals surface area contributed by atoms with Gasteiger partial charge in [-0.25, -0.2) is 13.1 Å². The summed E-state index contributed by atoms with van der Waals surface area (Å²) in [6.45, 7) is 4.23. The van der Waals surface area contributed by atoms with E-state index in [0.717, 1.165) is 25.0 Å². The number of rotatable bonds is 6. The number of nitrogens with zero attached hydrogens (tertiary/aromatic N) is 2. The first-order valence-electron chi connectivity index (χ1n) is 10.5. The van der Waals surface area contributed by atoms with Gasteiger partial charge in [0.1, 0.15) is 0 Å². The maximum atomic E-state index is 12.0. The van der Waals surface area contributed by atoms with Crippen LogP contribution in [0.1, 0.15) is 49.0 Å². The van der Waals surface area contributed by atoms with Crippen molar-refractivity contribution in [2.45, 2.75) is 51.1 Å². The molecule has 158 valence electrons. The molecule has 1 aliphatic rings. The van der Waals surface area contributed by atoms with Crippen molar-refractivity contribution in [3.8, 4) is 11.1 Å². The molecule has 1 aliphatic carbocycles. The summed E-state index contributed by atoms with van der Waals surface area (Å²) in [5, 5.41) is 4.87. The minimum atomic E-state index is -3.30. The third-order valence-corrected chi connectivity index (χ3v) is 6.52. The first-order valence-corrected chi connectivity index (χ1v) is 12.4. The van der Waals surface area contributed by atoms with Crippen molar-refractivity contribution in [2.75, 3.05) is 6.26 Å². The van der Waals surface area contributed by atoms with Gasteiger partial charge in [0.2, 0.25) is 10.0 Å². The molecular formula is C24H29N3O2S. The van der Waals surface area contributed by atoms with E-state index < -0.39 is 10.0 Å². The lowest BCUT2D eigenvalue weighted by Gasteiger charge is -2.31. The van der Waals surface area contributed by atoms with E-state index in [-0.39, 0.29) is 18.0 Å². The van der Waals surface area contributed by atoms with Crippen molar-refractivity contribution in [3.63, 3.8) is 0 Å². The molecule has 6 heteroatoms. The largest absolute Gasteiger partial charge is 0.270 e. The van der Waals surface area contributed by atoms with Crippen LogP contribution in [0.2, 0.25) is 0 Å². The van der Waals surface area contributed by atoms with Gasteiger partial charge in [-0.3, -0.25) is 4.68 Å². The lowest BCUT2D eigenvalue weighted by atomic mass is 9.80. The van der Waals surface area contributed by atoms with Crippen LogP contribution >= 0.6 is 0 Å². The van der Waals surface area contributed by atoms with Crippen LogP contribution in [0.15, 0.2) is 60.8 Å². The Labute approximate surface area is 179 Å². The predicted octanol–water partition coefficient (Wildman–Crippen LogP) is 4.32. The van der Waals surface area contributed by atoms with E-state index >= 15 is 0 Å². The van der Waals surface area contributed by atoms with Crippen LogP contribution < -0.4 is 4.72 Å². The predicted molar refractivity (Wildman–Crippen MR) is 121 cm³/mol. The number of benzene rings is 2. The third kappa shape index (κ3) is 4.65. The summed E-state index contributed by atoms with van der Waals surface area (Å²) in [5.74, 6) is 0.00879. The molecule has 0 saturated heterocycles. The molecule has 2 aromatic carbocycles. The van der Waals surface area contributed by atoms with Gasteiger partial charge >= 0.3 is 0 Å². The second kappa shape index (κ2) is 8.36. The van der Waals surface area contributed by atoms with Crippen LogP contribution in [-0.2, 0) is 22.9 Å². The summed E-state index contributed by atoms with van der Waals surface area (Å²) in [6, 6.07) is 19.0. The van der Waals surface area contributed by atoms with Crippen molar-refractivity contribution in [3.05, 3.63) is 77.6 Å². The van der Waals surface area contributed by atoms with Crippen LogP contribution in [0.4, 0.5) is 0 Å². The Balaban J connectivity index is 1.69. The Kier molecular flexibility index (Phi) is 5.80. The van der Waals surface area contributed by atoms with Crippen molar-refractivity contribution < 1.29 is 8.42 Å². The zero-order valence-electron chi connectivity index (χ0n) is 17.7. The number of fused-ring (bicyclic) bond motifs is 1. The minimum Gasteiger partial charge on any atom is -0.270 e. The van der Waals surface area contributed by atoms with Gasteiger partial charge in [0, 0.05) is 24.2 Å². The maximum absolute atomic E-state index is 12.0. The van der Waals surface area contributed by atoms with Gasteiger partial charge in [0.05, 0.1) is 11.9 Å². The van der Waals surface area contributed by atoms with Crippen LogP contribution in [0.5, 0.6) is 0 Å². The smallest absolute Gasteiger partial charge is 0.208 e. The highest BCUT2D eigenvalue weighted by atomic mass is 32.2. The maximum Gasteiger partial charge on any atom is 0.208 e. The van der Waals surface area contributed by atoms with E-state index in [1.165, 1.54) is 28.5 Å². The summed E-state index contributed by atoms with van der Waals surface area (Å²) >= 11 is 0. The van der Waals surface area contributed by atoms with Gasteiger partial charge in [-0.15, -0.1) is 0 Å². The molecule has 0 spiro atoms. The normalized spacial score (nSPS) is 19.1. The molecule has 0 aliphatic heterocycles. The Morgan fingerprint density at radius 1 is 1.10 bits per heavy atom. The summed E-state index contributed by atoms with van der Waals surface area (Å²) in [4.78, 5) is 0. The van der Waals surface area contributed by atoms with Gasteiger partial charge in [-0.05, 0) is 55.4 Å². The Bertz CT molecular complexity index is 1120. The van der Waals surface area contributed by atoms with E-state index in [1.54, 1.807) is 0 Å². The molecule has 3 aromatic rings. The Hall–Kier alpha value is -2.44. The number of hydrogen-bond donors (Lipinski definition) is 1. The van der Waals surface area contributed by atoms with Gasteiger partial charge in [-0.2, -0.15) is 5.10 Å². The zero-order chi connectivity index (χ0) is 21.3. The lowest BCUT2D eigenvalue weighted by molar-refractivity contribution is 0.419. The molecule has 30 heavy (non-hydrogen) atoms. The summed E-state index contributed by atoms with van der Waals surface area (Å²) in [7, 11) is -3.30. The monoisotopic (exact) mass is 423 g/mol. The van der Waals surface area contributed by atoms with E-state index in [4.69, 9.17) is 5.10 Å². The van der Waals surface area contributed by atoms with Crippen molar-refractivity contribution >= 4 is 10.0 Å². The topological polar surface area (TPSA) is 64.0 Å². The summed E-state index contributed by atoms with van der Waals surface area (Å²) in [5.41, 5.74) is 5.80. The average molecular weight is 424 g/mol. The average Bonchev–Trinajstić information content (AvgIpc) is 3.15. The molecule has 1 aromatic heterocycles. The fraction of sp³-hybridized carbons (Fsp3) is 0.375. The van der Waals surface area contributed by atoms with E-state index in [1.807, 2.05) is 22.9 Å². The van der Waals surface area contributed by atoms with Gasteiger partial charge in [0.25, 0.3) is 0 Å². The third-order valence-electron chi connectivity index (χ3n) is 5.79. The molecule has 2 atom stereocenters. The van der Waals surface area contributed by atoms with Gasteiger partial charge < -0.3 is 0 Å². The molecule has 5 nitrogen and oxygen atoms in total. The molecule has 1 heterocycles. The summed E-state index contributed by atoms with van der Waals surface area (Å²) < 4.78 is 28.9. The summed E-state index contributed by atoms with van der Waals surface area (Å²) in [6.07, 6.45) is 5.74. The fourth-order valence-corrected chi connectivity index (χ4v) is 5.16. The Morgan fingerprint density at radius 3 is 2.53 bits per heavy atom. The van der Waals surface area contributed by atoms with Crippen LogP contribution in [0, 0.1) is 0 Å². The highest BCUT2D eigenvalue weighted by molar-refractivity contribution is 7.88. The van der Waals surface area contributed by atoms with Crippen molar-refractivity contribution in [1.82, 2.24) is 14.5 Å². The second-order valence-electron chi connectivity index (χ2n) is 8.53. The molecule has 0 fully saturated rings. The van der Waals surface area contributed by atoms with Gasteiger partial charge in [-0.1, -0.05) is 54.6 Å². The van der Waals surface area contributed by atoms with E-state index in [9.17, 15) is 8.42 Å². The molecule has 0 bridgehead atoms. The number of nitrogens with one attached hydrogen (secondary N) is 1. The highest BCUT2D eigenvalue weighted by Gasteiger charge is 2.34. The fourth-order valence-electron chi connectivity index (χ4n) is 4.33. The van der Waals surface area contributed by atoms with Crippen LogP contribution in [-0.4, -0.2) is 30.5 Å². The second-order valence-corrected chi connectivity index (χ2v) is 10.3. The molecule has 0 radical (unpaired) electrons. The minimum absolute atomic E-state index is 0.00879. The zero-order valence-corrected chi connectivity index (χ0v) is 18.6. The number of aromatic nitrogens is 2. The molecular weight excluding hydrogens is 394 g/mol. The molecule has 4 rings (SSSR count). The number of sulfonamides is 1. The Morgan fingerprint density at radius 2 is 1.83 bits per heavy atom. The number of aryl methyl sites for hydroxylation is 1. The van der Waals surface area contributed by atoms with E-state index in [2.05, 4.69) is 61.2 Å². The van der Waals surface area contributed by atoms with Crippen molar-refractivity contribution in [1.29, 1.82) is 0 Å². The van der Waals surface area contributed by atoms with Crippen LogP contribution in [0.3, 0.4) is 0 Å². The van der Waals surface area contributed by atoms with Gasteiger partial charge in [0.15, 0.2) is 0 Å². The molecule has 1 N–H and O–H groups in total. The lowest BCUT2D eigenvalue weighted by Crippen LogP contribution is -2.42. The number of hydrogen-bond acceptors (Lipinski definition) is 3. The quantitative estimate of drug-likeness (QED) is 0.642. The first-order chi connectivity index (χ1) is 14.3. The van der Waals surface area contributed by atoms with Crippen molar-refractivity contribution in [2.24, 2.45) is 0 Å². The first kappa shape index (κ1) is 20.8. The molecule has 0 amide bonds. The van der Waals surface area contributed by atoms with Crippen LogP contribution in [0.25, 0.3) is 11.1 Å².